The van der Waals surface area contributed by atoms with Crippen LogP contribution in [0.1, 0.15) is 59.3 Å². The zero-order valence-corrected chi connectivity index (χ0v) is 21.5. The monoisotopic (exact) mass is 524 g/mol. The number of rotatable bonds is 11. The van der Waals surface area contributed by atoms with E-state index in [2.05, 4.69) is 35.9 Å². The predicted octanol–water partition coefficient (Wildman–Crippen LogP) is 3.60. The maximum atomic E-state index is 6.01. The minimum Gasteiger partial charge on any atom is -0.385 e. The molecule has 0 spiro atoms. The van der Waals surface area contributed by atoms with Gasteiger partial charge in [0.05, 0.1) is 12.6 Å². The fourth-order valence-corrected chi connectivity index (χ4v) is 4.30. The average Bonchev–Trinajstić information content (AvgIpc) is 3.22. The number of hydrogen-bond donors (Lipinski definition) is 1. The van der Waals surface area contributed by atoms with Crippen molar-refractivity contribution in [2.75, 3.05) is 59.6 Å². The Labute approximate surface area is 196 Å². The van der Waals surface area contributed by atoms with Gasteiger partial charge in [0.1, 0.15) is 0 Å². The maximum Gasteiger partial charge on any atom is 0.193 e. The van der Waals surface area contributed by atoms with E-state index in [0.29, 0.717) is 12.1 Å². The van der Waals surface area contributed by atoms with E-state index in [1.54, 1.807) is 7.11 Å². The Hall–Kier alpha value is -0.120. The van der Waals surface area contributed by atoms with Crippen molar-refractivity contribution in [3.63, 3.8) is 0 Å². The molecule has 2 rings (SSSR count). The third kappa shape index (κ3) is 10.2. The minimum atomic E-state index is 0. The second kappa shape index (κ2) is 15.6. The smallest absolute Gasteiger partial charge is 0.193 e. The van der Waals surface area contributed by atoms with Crippen molar-refractivity contribution in [1.82, 2.24) is 15.1 Å². The molecule has 0 aromatic rings. The predicted molar refractivity (Wildman–Crippen MR) is 132 cm³/mol. The van der Waals surface area contributed by atoms with Crippen molar-refractivity contribution in [2.45, 2.75) is 71.4 Å². The van der Waals surface area contributed by atoms with Crippen LogP contribution >= 0.6 is 24.0 Å². The van der Waals surface area contributed by atoms with Gasteiger partial charge in [-0.3, -0.25) is 9.89 Å². The van der Waals surface area contributed by atoms with Gasteiger partial charge in [-0.1, -0.05) is 13.8 Å². The normalized spacial score (nSPS) is 20.2. The third-order valence-corrected chi connectivity index (χ3v) is 5.78. The Kier molecular flexibility index (Phi) is 14.5. The van der Waals surface area contributed by atoms with Crippen LogP contribution < -0.4 is 5.32 Å². The lowest BCUT2D eigenvalue weighted by Crippen LogP contribution is -2.47. The molecule has 172 valence electrons. The van der Waals surface area contributed by atoms with Gasteiger partial charge < -0.3 is 19.7 Å². The molecule has 0 saturated carbocycles. The van der Waals surface area contributed by atoms with E-state index in [-0.39, 0.29) is 24.0 Å². The molecule has 2 fully saturated rings. The number of piperidine rings is 1. The summed E-state index contributed by atoms with van der Waals surface area (Å²) in [6, 6.07) is 0.581. The molecule has 1 unspecified atom stereocenters. The summed E-state index contributed by atoms with van der Waals surface area (Å²) in [5.41, 5.74) is 0. The van der Waals surface area contributed by atoms with Crippen LogP contribution in [0.4, 0.5) is 0 Å². The Morgan fingerprint density at radius 2 is 1.79 bits per heavy atom. The highest BCUT2D eigenvalue weighted by molar-refractivity contribution is 14.0. The Balaban J connectivity index is 0.00000420. The van der Waals surface area contributed by atoms with Crippen molar-refractivity contribution >= 4 is 29.9 Å². The Morgan fingerprint density at radius 3 is 2.38 bits per heavy atom. The molecule has 0 aliphatic carbocycles. The highest BCUT2D eigenvalue weighted by Crippen LogP contribution is 2.19. The average molecular weight is 525 g/mol. The quantitative estimate of drug-likeness (QED) is 0.194. The van der Waals surface area contributed by atoms with Crippen LogP contribution in [-0.4, -0.2) is 87.5 Å². The number of nitrogens with one attached hydrogen (secondary N) is 1. The van der Waals surface area contributed by atoms with Crippen LogP contribution in [0.25, 0.3) is 0 Å². The van der Waals surface area contributed by atoms with Gasteiger partial charge in [-0.15, -0.1) is 24.0 Å². The number of likely N-dealkylation sites (tertiary alicyclic amines) is 2. The van der Waals surface area contributed by atoms with E-state index < -0.39 is 0 Å². The molecule has 2 aliphatic heterocycles. The highest BCUT2D eigenvalue weighted by atomic mass is 127. The first kappa shape index (κ1) is 26.9. The molecular weight excluding hydrogens is 479 g/mol. The fourth-order valence-electron chi connectivity index (χ4n) is 4.30. The summed E-state index contributed by atoms with van der Waals surface area (Å²) in [5.74, 6) is 1.81. The summed E-state index contributed by atoms with van der Waals surface area (Å²) in [6.07, 6.45) is 7.45. The van der Waals surface area contributed by atoms with Gasteiger partial charge in [0.2, 0.25) is 0 Å². The molecule has 6 nitrogen and oxygen atoms in total. The first-order valence-corrected chi connectivity index (χ1v) is 11.5. The van der Waals surface area contributed by atoms with Gasteiger partial charge in [-0.25, -0.2) is 0 Å². The molecule has 0 aromatic carbocycles. The molecule has 2 saturated heterocycles. The minimum absolute atomic E-state index is 0. The first-order chi connectivity index (χ1) is 13.6. The molecule has 0 bridgehead atoms. The van der Waals surface area contributed by atoms with E-state index in [4.69, 9.17) is 14.5 Å². The van der Waals surface area contributed by atoms with E-state index >= 15 is 0 Å². The number of ether oxygens (including phenoxy) is 2. The number of hydrogen-bond acceptors (Lipinski definition) is 4. The topological polar surface area (TPSA) is 49.3 Å². The lowest BCUT2D eigenvalue weighted by Gasteiger charge is -2.35. The zero-order valence-electron chi connectivity index (χ0n) is 19.2. The molecule has 2 aliphatic rings. The van der Waals surface area contributed by atoms with Crippen LogP contribution in [0.2, 0.25) is 0 Å². The Bertz CT molecular complexity index is 437. The third-order valence-electron chi connectivity index (χ3n) is 5.78. The van der Waals surface area contributed by atoms with E-state index in [9.17, 15) is 0 Å². The molecule has 0 aromatic heterocycles. The van der Waals surface area contributed by atoms with Crippen LogP contribution in [-0.2, 0) is 9.47 Å². The number of nitrogens with zero attached hydrogens (tertiary/aromatic N) is 3. The van der Waals surface area contributed by atoms with E-state index in [0.717, 1.165) is 70.5 Å². The van der Waals surface area contributed by atoms with Crippen LogP contribution in [0, 0.1) is 5.92 Å². The Morgan fingerprint density at radius 1 is 1.10 bits per heavy atom. The maximum absolute atomic E-state index is 6.01. The second-order valence-corrected chi connectivity index (χ2v) is 8.62. The van der Waals surface area contributed by atoms with Gasteiger partial charge in [-0.2, -0.15) is 0 Å². The van der Waals surface area contributed by atoms with Crippen LogP contribution in [0.5, 0.6) is 0 Å². The van der Waals surface area contributed by atoms with Crippen molar-refractivity contribution in [1.29, 1.82) is 0 Å². The second-order valence-electron chi connectivity index (χ2n) is 8.62. The summed E-state index contributed by atoms with van der Waals surface area (Å²) in [7, 11) is 1.75. The van der Waals surface area contributed by atoms with Gasteiger partial charge in [-0.05, 0) is 64.5 Å². The highest BCUT2D eigenvalue weighted by Gasteiger charge is 2.25. The summed E-state index contributed by atoms with van der Waals surface area (Å²) in [4.78, 5) is 10.2. The van der Waals surface area contributed by atoms with E-state index in [1.807, 2.05) is 0 Å². The molecule has 2 heterocycles. The summed E-state index contributed by atoms with van der Waals surface area (Å²) in [6.45, 7) is 14.8. The molecule has 29 heavy (non-hydrogen) atoms. The largest absolute Gasteiger partial charge is 0.385 e. The summed E-state index contributed by atoms with van der Waals surface area (Å²) < 4.78 is 11.1. The van der Waals surface area contributed by atoms with Crippen molar-refractivity contribution < 1.29 is 9.47 Å². The zero-order chi connectivity index (χ0) is 20.2. The fraction of sp³-hybridized carbons (Fsp3) is 0.955. The van der Waals surface area contributed by atoms with Crippen LogP contribution in [0.3, 0.4) is 0 Å². The standard InChI is InChI=1S/C22H44N4O2.HI/c1-5-23-22(24-18-20(17-19(2)3)25-11-6-7-12-25)26-13-9-21(10-14-26)28-16-8-15-27-4;/h19-21H,5-18H2,1-4H3,(H,23,24);1H. The lowest BCUT2D eigenvalue weighted by molar-refractivity contribution is 0.00988. The SMILES string of the molecule is CCNC(=NCC(CC(C)C)N1CCCC1)N1CCC(OCCCOC)CC1.I. The molecule has 1 atom stereocenters. The lowest BCUT2D eigenvalue weighted by atomic mass is 10.0. The van der Waals surface area contributed by atoms with Gasteiger partial charge >= 0.3 is 0 Å². The van der Waals surface area contributed by atoms with Gasteiger partial charge in [0.25, 0.3) is 0 Å². The number of methoxy groups -OCH3 is 1. The number of halogens is 1. The molecule has 0 amide bonds. The van der Waals surface area contributed by atoms with Gasteiger partial charge in [0.15, 0.2) is 5.96 Å². The first-order valence-electron chi connectivity index (χ1n) is 11.5. The number of aliphatic imine (C=N–C) groups is 1. The van der Waals surface area contributed by atoms with Crippen molar-refractivity contribution in [2.24, 2.45) is 10.9 Å². The molecule has 0 radical (unpaired) electrons. The summed E-state index contributed by atoms with van der Waals surface area (Å²) >= 11 is 0. The molecule has 7 heteroatoms. The van der Waals surface area contributed by atoms with Crippen LogP contribution in [0.15, 0.2) is 4.99 Å². The van der Waals surface area contributed by atoms with E-state index in [1.165, 1.54) is 32.4 Å². The van der Waals surface area contributed by atoms with Crippen molar-refractivity contribution in [3.05, 3.63) is 0 Å². The number of guanidine groups is 1. The molecular formula is C22H45IN4O2. The van der Waals surface area contributed by atoms with Gasteiger partial charge in [0, 0.05) is 46.0 Å². The van der Waals surface area contributed by atoms with Crippen molar-refractivity contribution in [3.8, 4) is 0 Å². The summed E-state index contributed by atoms with van der Waals surface area (Å²) in [5, 5.41) is 3.53. The molecule has 1 N–H and O–H groups in total.